The largest absolute Gasteiger partial charge is 0.385 e. The Morgan fingerprint density at radius 2 is 2.08 bits per heavy atom. The molecule has 7 nitrogen and oxygen atoms in total. The number of hydrogen-bond donors (Lipinski definition) is 2. The molecule has 0 radical (unpaired) electrons. The summed E-state index contributed by atoms with van der Waals surface area (Å²) in [5.74, 6) is 0.949. The minimum atomic E-state index is -0.175. The molecule has 1 saturated heterocycles. The predicted octanol–water partition coefficient (Wildman–Crippen LogP) is 1.53. The topological polar surface area (TPSA) is 75.7 Å². The number of morpholine rings is 1. The van der Waals surface area contributed by atoms with Crippen molar-refractivity contribution in [3.8, 4) is 0 Å². The smallest absolute Gasteiger partial charge is 0.315 e. The fourth-order valence-electron chi connectivity index (χ4n) is 2.74. The lowest BCUT2D eigenvalue weighted by Crippen LogP contribution is -2.45. The Labute approximate surface area is 143 Å². The average Bonchev–Trinajstić information content (AvgIpc) is 2.56. The fraction of sp³-hybridized carbons (Fsp3) is 0.647. The van der Waals surface area contributed by atoms with Gasteiger partial charge in [0.25, 0.3) is 0 Å². The van der Waals surface area contributed by atoms with Gasteiger partial charge in [-0.25, -0.2) is 9.78 Å². The van der Waals surface area contributed by atoms with Crippen molar-refractivity contribution in [2.45, 2.75) is 39.0 Å². The number of methoxy groups -OCH3 is 1. The zero-order valence-corrected chi connectivity index (χ0v) is 14.7. The molecule has 2 heterocycles. The van der Waals surface area contributed by atoms with E-state index in [4.69, 9.17) is 9.47 Å². The second-order valence-corrected chi connectivity index (χ2v) is 6.14. The van der Waals surface area contributed by atoms with Crippen molar-refractivity contribution in [1.29, 1.82) is 0 Å². The molecule has 1 aliphatic heterocycles. The number of ether oxygens (including phenoxy) is 2. The normalized spacial score (nSPS) is 20.7. The molecule has 1 aliphatic rings. The summed E-state index contributed by atoms with van der Waals surface area (Å²) in [4.78, 5) is 18.4. The van der Waals surface area contributed by atoms with Crippen LogP contribution in [0.25, 0.3) is 0 Å². The van der Waals surface area contributed by atoms with Crippen LogP contribution in [0.3, 0.4) is 0 Å². The Morgan fingerprint density at radius 1 is 1.33 bits per heavy atom. The highest BCUT2D eigenvalue weighted by Crippen LogP contribution is 2.18. The number of carbonyl (C=O) groups excluding carboxylic acids is 1. The fourth-order valence-corrected chi connectivity index (χ4v) is 2.74. The van der Waals surface area contributed by atoms with E-state index in [9.17, 15) is 4.79 Å². The van der Waals surface area contributed by atoms with Crippen molar-refractivity contribution in [1.82, 2.24) is 15.6 Å². The third-order valence-corrected chi connectivity index (χ3v) is 3.82. The van der Waals surface area contributed by atoms with E-state index in [1.54, 1.807) is 7.11 Å². The minimum Gasteiger partial charge on any atom is -0.385 e. The van der Waals surface area contributed by atoms with Crippen LogP contribution in [0.5, 0.6) is 0 Å². The summed E-state index contributed by atoms with van der Waals surface area (Å²) in [6.45, 7) is 7.55. The standard InChI is InChI=1S/C17H28N4O3/c1-13-11-21(12-14(2)24-13)16-6-5-15(9-19-16)10-20-17(22)18-7-4-8-23-3/h5-6,9,13-14H,4,7-8,10-12H2,1-3H3,(H2,18,20,22). The maximum Gasteiger partial charge on any atom is 0.315 e. The Balaban J connectivity index is 1.76. The molecule has 0 bridgehead atoms. The van der Waals surface area contributed by atoms with E-state index in [0.29, 0.717) is 19.7 Å². The highest BCUT2D eigenvalue weighted by atomic mass is 16.5. The number of aromatic nitrogens is 1. The molecule has 0 spiro atoms. The Kier molecular flexibility index (Phi) is 7.27. The van der Waals surface area contributed by atoms with Gasteiger partial charge < -0.3 is 25.0 Å². The van der Waals surface area contributed by atoms with Crippen LogP contribution in [0, 0.1) is 0 Å². The Bertz CT molecular complexity index is 499. The van der Waals surface area contributed by atoms with Crippen molar-refractivity contribution in [3.05, 3.63) is 23.9 Å². The van der Waals surface area contributed by atoms with Crippen LogP contribution in [0.1, 0.15) is 25.8 Å². The summed E-state index contributed by atoms with van der Waals surface area (Å²) in [6, 6.07) is 3.82. The molecule has 2 rings (SSSR count). The third-order valence-electron chi connectivity index (χ3n) is 3.82. The molecule has 24 heavy (non-hydrogen) atoms. The molecule has 1 fully saturated rings. The van der Waals surface area contributed by atoms with Gasteiger partial charge in [-0.2, -0.15) is 0 Å². The van der Waals surface area contributed by atoms with Gasteiger partial charge in [0.1, 0.15) is 5.82 Å². The van der Waals surface area contributed by atoms with Crippen LogP contribution >= 0.6 is 0 Å². The number of hydrogen-bond acceptors (Lipinski definition) is 5. The van der Waals surface area contributed by atoms with E-state index >= 15 is 0 Å². The van der Waals surface area contributed by atoms with Gasteiger partial charge in [0, 0.05) is 46.1 Å². The van der Waals surface area contributed by atoms with Crippen LogP contribution in [0.15, 0.2) is 18.3 Å². The number of nitrogens with one attached hydrogen (secondary N) is 2. The number of urea groups is 1. The maximum atomic E-state index is 11.7. The Hall–Kier alpha value is -1.86. The molecular weight excluding hydrogens is 308 g/mol. The summed E-state index contributed by atoms with van der Waals surface area (Å²) in [5.41, 5.74) is 0.972. The molecule has 134 valence electrons. The number of pyridine rings is 1. The molecular formula is C17H28N4O3. The van der Waals surface area contributed by atoms with Gasteiger partial charge in [0.05, 0.1) is 12.2 Å². The van der Waals surface area contributed by atoms with Crippen LogP contribution in [-0.2, 0) is 16.0 Å². The lowest BCUT2D eigenvalue weighted by Gasteiger charge is -2.36. The second kappa shape index (κ2) is 9.44. The first kappa shape index (κ1) is 18.5. The number of nitrogens with zero attached hydrogens (tertiary/aromatic N) is 2. The zero-order valence-electron chi connectivity index (χ0n) is 14.7. The van der Waals surface area contributed by atoms with Crippen molar-refractivity contribution in [2.24, 2.45) is 0 Å². The average molecular weight is 336 g/mol. The van der Waals surface area contributed by atoms with E-state index in [1.807, 2.05) is 18.3 Å². The molecule has 0 aliphatic carbocycles. The highest BCUT2D eigenvalue weighted by Gasteiger charge is 2.22. The van der Waals surface area contributed by atoms with E-state index in [0.717, 1.165) is 30.9 Å². The molecule has 7 heteroatoms. The first-order chi connectivity index (χ1) is 11.6. The summed E-state index contributed by atoms with van der Waals surface area (Å²) >= 11 is 0. The van der Waals surface area contributed by atoms with E-state index < -0.39 is 0 Å². The van der Waals surface area contributed by atoms with Gasteiger partial charge >= 0.3 is 6.03 Å². The Morgan fingerprint density at radius 3 is 2.71 bits per heavy atom. The van der Waals surface area contributed by atoms with E-state index in [2.05, 4.69) is 34.4 Å². The van der Waals surface area contributed by atoms with Crippen molar-refractivity contribution in [2.75, 3.05) is 38.3 Å². The number of amides is 2. The summed E-state index contributed by atoms with van der Waals surface area (Å²) in [7, 11) is 1.65. The number of rotatable bonds is 7. The molecule has 2 unspecified atom stereocenters. The van der Waals surface area contributed by atoms with E-state index in [1.165, 1.54) is 0 Å². The van der Waals surface area contributed by atoms with E-state index in [-0.39, 0.29) is 18.2 Å². The zero-order chi connectivity index (χ0) is 17.4. The van der Waals surface area contributed by atoms with Crippen LogP contribution in [0.4, 0.5) is 10.6 Å². The lowest BCUT2D eigenvalue weighted by molar-refractivity contribution is -0.00546. The van der Waals surface area contributed by atoms with Crippen molar-refractivity contribution < 1.29 is 14.3 Å². The van der Waals surface area contributed by atoms with Crippen LogP contribution in [-0.4, -0.2) is 56.6 Å². The van der Waals surface area contributed by atoms with Crippen LogP contribution < -0.4 is 15.5 Å². The van der Waals surface area contributed by atoms with Crippen molar-refractivity contribution >= 4 is 11.8 Å². The monoisotopic (exact) mass is 336 g/mol. The van der Waals surface area contributed by atoms with Crippen molar-refractivity contribution in [3.63, 3.8) is 0 Å². The van der Waals surface area contributed by atoms with Crippen LogP contribution in [0.2, 0.25) is 0 Å². The SMILES string of the molecule is COCCCNC(=O)NCc1ccc(N2CC(C)OC(C)C2)nc1. The van der Waals surface area contributed by atoms with Gasteiger partial charge in [-0.15, -0.1) is 0 Å². The maximum absolute atomic E-state index is 11.7. The molecule has 1 aromatic rings. The minimum absolute atomic E-state index is 0.175. The van der Waals surface area contributed by atoms with Gasteiger partial charge in [-0.1, -0.05) is 6.07 Å². The third kappa shape index (κ3) is 5.98. The molecule has 1 aromatic heterocycles. The summed E-state index contributed by atoms with van der Waals surface area (Å²) < 4.78 is 10.7. The number of carbonyl (C=O) groups is 1. The lowest BCUT2D eigenvalue weighted by atomic mass is 10.2. The second-order valence-electron chi connectivity index (χ2n) is 6.14. The van der Waals surface area contributed by atoms with Gasteiger partial charge in [0.2, 0.25) is 0 Å². The van der Waals surface area contributed by atoms with Gasteiger partial charge in [-0.05, 0) is 31.9 Å². The first-order valence-electron chi connectivity index (χ1n) is 8.44. The molecule has 2 amide bonds. The molecule has 0 aromatic carbocycles. The molecule has 2 atom stereocenters. The van der Waals surface area contributed by atoms with Gasteiger partial charge in [0.15, 0.2) is 0 Å². The number of anilines is 1. The predicted molar refractivity (Wildman–Crippen MR) is 93.2 cm³/mol. The first-order valence-corrected chi connectivity index (χ1v) is 8.44. The summed E-state index contributed by atoms with van der Waals surface area (Å²) in [5, 5.41) is 5.61. The summed E-state index contributed by atoms with van der Waals surface area (Å²) in [6.07, 6.45) is 3.03. The molecule has 0 saturated carbocycles. The van der Waals surface area contributed by atoms with Gasteiger partial charge in [-0.3, -0.25) is 0 Å². The molecule has 2 N–H and O–H groups in total. The quantitative estimate of drug-likeness (QED) is 0.739. The highest BCUT2D eigenvalue weighted by molar-refractivity contribution is 5.73.